The lowest BCUT2D eigenvalue weighted by atomic mass is 9.70. The molecule has 0 saturated heterocycles. The monoisotopic (exact) mass is 268 g/mol. The minimum Gasteiger partial charge on any atom is -0.423 e. The molecular formula is C12H21BN2O2S. The van der Waals surface area contributed by atoms with Crippen LogP contribution in [0.3, 0.4) is 0 Å². The van der Waals surface area contributed by atoms with Crippen molar-refractivity contribution in [2.75, 3.05) is 0 Å². The summed E-state index contributed by atoms with van der Waals surface area (Å²) in [5.74, 6) is 0.267. The molecule has 0 fully saturated rings. The average Bonchev–Trinajstić information content (AvgIpc) is 2.28. The van der Waals surface area contributed by atoms with Crippen molar-refractivity contribution < 1.29 is 9.68 Å². The van der Waals surface area contributed by atoms with Crippen LogP contribution in [0.1, 0.15) is 40.5 Å². The Bertz CT molecular complexity index is 392. The number of thiol groups is 1. The van der Waals surface area contributed by atoms with Crippen molar-refractivity contribution in [2.45, 2.75) is 46.1 Å². The molecule has 0 aromatic heterocycles. The fraction of sp³-hybridized carbons (Fsp3) is 0.667. The smallest absolute Gasteiger partial charge is 0.423 e. The maximum atomic E-state index is 10.1. The normalized spacial score (nSPS) is 19.4. The van der Waals surface area contributed by atoms with Gasteiger partial charge in [0.25, 0.3) is 0 Å². The molecule has 2 N–H and O–H groups in total. The highest BCUT2D eigenvalue weighted by molar-refractivity contribution is 7.79. The van der Waals surface area contributed by atoms with Gasteiger partial charge in [0.15, 0.2) is 0 Å². The van der Waals surface area contributed by atoms with Gasteiger partial charge in [-0.15, -0.1) is 0 Å². The van der Waals surface area contributed by atoms with Crippen LogP contribution in [0, 0.1) is 11.3 Å². The van der Waals surface area contributed by atoms with Crippen molar-refractivity contribution in [3.05, 3.63) is 11.5 Å². The predicted octanol–water partition coefficient (Wildman–Crippen LogP) is 2.48. The standard InChI is InChI=1S/C12H21BN2O2S/c1-8(2)12(3,4)17-13(16)9-6-5-7-10(15-18)11(9)14/h6,8,14,16,18H,5,7H2,1-4H3. The molecule has 18 heavy (non-hydrogen) atoms. The summed E-state index contributed by atoms with van der Waals surface area (Å²) in [5, 5.41) is 18.1. The van der Waals surface area contributed by atoms with E-state index in [-0.39, 0.29) is 11.6 Å². The van der Waals surface area contributed by atoms with E-state index in [2.05, 4.69) is 17.2 Å². The Hall–Kier alpha value is -0.585. The molecule has 1 aliphatic carbocycles. The SMILES string of the molecule is CC(C)C(C)(C)OB(O)C1=CCCC(=NS)C1=N. The molecule has 0 bridgehead atoms. The van der Waals surface area contributed by atoms with Crippen LogP contribution in [0.4, 0.5) is 0 Å². The van der Waals surface area contributed by atoms with Crippen molar-refractivity contribution >= 4 is 31.4 Å². The highest BCUT2D eigenvalue weighted by Crippen LogP contribution is 2.24. The third-order valence-corrected chi connectivity index (χ3v) is 3.76. The summed E-state index contributed by atoms with van der Waals surface area (Å²) in [6, 6.07) is 0. The average molecular weight is 268 g/mol. The number of allylic oxidation sites excluding steroid dienone is 2. The maximum absolute atomic E-state index is 10.1. The number of rotatable bonds is 4. The van der Waals surface area contributed by atoms with Crippen molar-refractivity contribution in [3.8, 4) is 0 Å². The molecule has 0 spiro atoms. The molecule has 1 aliphatic rings. The van der Waals surface area contributed by atoms with Crippen molar-refractivity contribution in [3.63, 3.8) is 0 Å². The second-order valence-electron chi connectivity index (χ2n) is 5.35. The highest BCUT2D eigenvalue weighted by Gasteiger charge is 2.34. The minimum atomic E-state index is -1.08. The number of hydrogen-bond acceptors (Lipinski definition) is 5. The van der Waals surface area contributed by atoms with Gasteiger partial charge in [-0.05, 0) is 45.4 Å². The van der Waals surface area contributed by atoms with Crippen LogP contribution < -0.4 is 0 Å². The van der Waals surface area contributed by atoms with Crippen LogP contribution in [0.15, 0.2) is 15.9 Å². The van der Waals surface area contributed by atoms with Crippen LogP contribution in [0.25, 0.3) is 0 Å². The fourth-order valence-electron chi connectivity index (χ4n) is 1.57. The molecule has 1 rings (SSSR count). The zero-order valence-corrected chi connectivity index (χ0v) is 12.3. The number of nitrogens with zero attached hydrogens (tertiary/aromatic N) is 1. The molecule has 0 atom stereocenters. The molecule has 0 aromatic rings. The van der Waals surface area contributed by atoms with E-state index in [1.54, 1.807) is 0 Å². The molecule has 0 heterocycles. The largest absolute Gasteiger partial charge is 0.493 e. The van der Waals surface area contributed by atoms with E-state index >= 15 is 0 Å². The zero-order chi connectivity index (χ0) is 13.9. The van der Waals surface area contributed by atoms with Gasteiger partial charge in [-0.25, -0.2) is 4.40 Å². The van der Waals surface area contributed by atoms with Gasteiger partial charge in [0.05, 0.1) is 17.0 Å². The van der Waals surface area contributed by atoms with E-state index < -0.39 is 12.7 Å². The first-order valence-electron chi connectivity index (χ1n) is 6.15. The molecule has 0 aromatic carbocycles. The highest BCUT2D eigenvalue weighted by atomic mass is 32.1. The molecule has 0 unspecified atom stereocenters. The van der Waals surface area contributed by atoms with E-state index in [0.717, 1.165) is 6.42 Å². The van der Waals surface area contributed by atoms with Gasteiger partial charge >= 0.3 is 7.12 Å². The molecule has 0 aliphatic heterocycles. The quantitative estimate of drug-likeness (QED) is 0.541. The van der Waals surface area contributed by atoms with Gasteiger partial charge in [0, 0.05) is 5.47 Å². The van der Waals surface area contributed by atoms with Crippen LogP contribution >= 0.6 is 12.8 Å². The van der Waals surface area contributed by atoms with Crippen molar-refractivity contribution in [2.24, 2.45) is 10.3 Å². The van der Waals surface area contributed by atoms with Gasteiger partial charge in [0.2, 0.25) is 0 Å². The Labute approximate surface area is 115 Å². The number of hydrogen-bond donors (Lipinski definition) is 3. The molecule has 0 radical (unpaired) electrons. The molecule has 0 saturated carbocycles. The van der Waals surface area contributed by atoms with Crippen LogP contribution in [-0.4, -0.2) is 29.2 Å². The Kier molecular flexibility index (Phi) is 5.19. The van der Waals surface area contributed by atoms with E-state index in [1.165, 1.54) is 0 Å². The second kappa shape index (κ2) is 6.04. The Morgan fingerprint density at radius 3 is 2.67 bits per heavy atom. The summed E-state index contributed by atoms with van der Waals surface area (Å²) >= 11 is 3.85. The van der Waals surface area contributed by atoms with Gasteiger partial charge in [-0.2, -0.15) is 0 Å². The van der Waals surface area contributed by atoms with Gasteiger partial charge < -0.3 is 9.68 Å². The maximum Gasteiger partial charge on any atom is 0.493 e. The lowest BCUT2D eigenvalue weighted by molar-refractivity contribution is 0.0412. The summed E-state index contributed by atoms with van der Waals surface area (Å²) in [5.41, 5.74) is 0.864. The van der Waals surface area contributed by atoms with E-state index in [0.29, 0.717) is 17.6 Å². The molecule has 6 heteroatoms. The van der Waals surface area contributed by atoms with Crippen LogP contribution in [0.2, 0.25) is 0 Å². The Morgan fingerprint density at radius 2 is 2.17 bits per heavy atom. The zero-order valence-electron chi connectivity index (χ0n) is 11.4. The first kappa shape index (κ1) is 15.5. The first-order valence-corrected chi connectivity index (χ1v) is 6.55. The summed E-state index contributed by atoms with van der Waals surface area (Å²) in [4.78, 5) is 0. The second-order valence-corrected chi connectivity index (χ2v) is 5.55. The first-order chi connectivity index (χ1) is 8.29. The van der Waals surface area contributed by atoms with E-state index in [4.69, 9.17) is 10.1 Å². The Morgan fingerprint density at radius 1 is 1.56 bits per heavy atom. The van der Waals surface area contributed by atoms with E-state index in [9.17, 15) is 5.02 Å². The molecule has 0 amide bonds. The summed E-state index contributed by atoms with van der Waals surface area (Å²) in [6.45, 7) is 7.94. The van der Waals surface area contributed by atoms with Gasteiger partial charge in [-0.3, -0.25) is 5.41 Å². The van der Waals surface area contributed by atoms with Gasteiger partial charge in [0.1, 0.15) is 0 Å². The van der Waals surface area contributed by atoms with Crippen molar-refractivity contribution in [1.82, 2.24) is 0 Å². The summed E-state index contributed by atoms with van der Waals surface area (Å²) in [6.07, 6.45) is 3.28. The lowest BCUT2D eigenvalue weighted by Gasteiger charge is -2.32. The van der Waals surface area contributed by atoms with Crippen LogP contribution in [-0.2, 0) is 4.65 Å². The molecule has 100 valence electrons. The lowest BCUT2D eigenvalue weighted by Crippen LogP contribution is -2.42. The topological polar surface area (TPSA) is 65.7 Å². The fourth-order valence-corrected chi connectivity index (χ4v) is 1.77. The Balaban J connectivity index is 2.82. The van der Waals surface area contributed by atoms with Crippen molar-refractivity contribution in [1.29, 1.82) is 5.41 Å². The minimum absolute atomic E-state index is 0.225. The summed E-state index contributed by atoms with van der Waals surface area (Å²) in [7, 11) is -1.08. The summed E-state index contributed by atoms with van der Waals surface area (Å²) < 4.78 is 9.44. The molecular weight excluding hydrogens is 247 g/mol. The third kappa shape index (κ3) is 3.46. The third-order valence-electron chi connectivity index (χ3n) is 3.52. The van der Waals surface area contributed by atoms with Gasteiger partial charge in [-0.1, -0.05) is 19.9 Å². The molecule has 4 nitrogen and oxygen atoms in total. The van der Waals surface area contributed by atoms with Crippen LogP contribution in [0.5, 0.6) is 0 Å². The van der Waals surface area contributed by atoms with E-state index in [1.807, 2.05) is 33.8 Å². The predicted molar refractivity (Wildman–Crippen MR) is 79.4 cm³/mol. The number of nitrogens with one attached hydrogen (secondary N) is 1.